The van der Waals surface area contributed by atoms with E-state index >= 15 is 0 Å². The van der Waals surface area contributed by atoms with E-state index in [-0.39, 0.29) is 12.1 Å². The number of nitrogens with zero attached hydrogens (tertiary/aromatic N) is 2. The Balaban J connectivity index is 1.52. The van der Waals surface area contributed by atoms with Gasteiger partial charge >= 0.3 is 6.09 Å². The molecule has 1 atom stereocenters. The van der Waals surface area contributed by atoms with Gasteiger partial charge in [0.2, 0.25) is 0 Å². The molecule has 30 heavy (non-hydrogen) atoms. The quantitative estimate of drug-likeness (QED) is 0.655. The third-order valence-electron chi connectivity index (χ3n) is 6.51. The summed E-state index contributed by atoms with van der Waals surface area (Å²) in [5.74, 6) is 0.733. The molecule has 3 aliphatic heterocycles. The summed E-state index contributed by atoms with van der Waals surface area (Å²) in [4.78, 5) is 17.3. The van der Waals surface area contributed by atoms with Gasteiger partial charge in [-0.15, -0.1) is 0 Å². The number of amides is 1. The van der Waals surface area contributed by atoms with E-state index in [4.69, 9.17) is 21.1 Å². The fraction of sp³-hybridized carbons (Fsp3) is 0.708. The number of carbonyl (C=O) groups is 1. The molecule has 1 aromatic carbocycles. The first-order chi connectivity index (χ1) is 14.3. The Hall–Kier alpha value is -1.30. The van der Waals surface area contributed by atoms with Crippen LogP contribution in [0.3, 0.4) is 0 Å². The maximum absolute atomic E-state index is 12.8. The third-order valence-corrected chi connectivity index (χ3v) is 6.73. The minimum Gasteiger partial charge on any atom is -0.444 e. The highest BCUT2D eigenvalue weighted by Gasteiger charge is 2.35. The van der Waals surface area contributed by atoms with Crippen LogP contribution in [-0.4, -0.2) is 54.3 Å². The third kappa shape index (κ3) is 5.12. The number of rotatable bonds is 3. The summed E-state index contributed by atoms with van der Waals surface area (Å²) >= 11 is 6.56. The fourth-order valence-electron chi connectivity index (χ4n) is 5.13. The first-order valence-corrected chi connectivity index (χ1v) is 11.8. The largest absolute Gasteiger partial charge is 0.444 e. The molecule has 0 unspecified atom stereocenters. The van der Waals surface area contributed by atoms with Crippen LogP contribution in [0.2, 0.25) is 5.02 Å². The summed E-state index contributed by atoms with van der Waals surface area (Å²) in [6.07, 6.45) is 5.10. The molecular formula is C24H35ClN2O3. The lowest BCUT2D eigenvalue weighted by Crippen LogP contribution is -2.38. The molecule has 2 fully saturated rings. The van der Waals surface area contributed by atoms with Crippen molar-refractivity contribution in [3.05, 3.63) is 33.8 Å². The molecule has 4 rings (SSSR count). The Labute approximate surface area is 185 Å². The topological polar surface area (TPSA) is 42.0 Å². The van der Waals surface area contributed by atoms with Gasteiger partial charge in [-0.2, -0.15) is 0 Å². The minimum absolute atomic E-state index is 0.0642. The predicted molar refractivity (Wildman–Crippen MR) is 119 cm³/mol. The van der Waals surface area contributed by atoms with Crippen molar-refractivity contribution in [2.45, 2.75) is 71.1 Å². The Kier molecular flexibility index (Phi) is 6.61. The van der Waals surface area contributed by atoms with Gasteiger partial charge in [0.05, 0.1) is 6.04 Å². The SMILES string of the molecule is CC(C)(C)OC(=O)N1CCC[C@H]1c1cc(Cl)cc2c1CCN(CC1CCOCC1)C2. The number of fused-ring (bicyclic) bond motifs is 1. The van der Waals surface area contributed by atoms with Crippen LogP contribution in [-0.2, 0) is 22.4 Å². The van der Waals surface area contributed by atoms with Crippen molar-refractivity contribution in [3.63, 3.8) is 0 Å². The highest BCUT2D eigenvalue weighted by molar-refractivity contribution is 6.30. The van der Waals surface area contributed by atoms with Crippen LogP contribution in [0.15, 0.2) is 12.1 Å². The normalized spacial score (nSPS) is 23.5. The fourth-order valence-corrected chi connectivity index (χ4v) is 5.38. The van der Waals surface area contributed by atoms with E-state index in [1.165, 1.54) is 16.7 Å². The minimum atomic E-state index is -0.483. The zero-order valence-electron chi connectivity index (χ0n) is 18.6. The Morgan fingerprint density at radius 3 is 2.70 bits per heavy atom. The Morgan fingerprint density at radius 1 is 1.20 bits per heavy atom. The van der Waals surface area contributed by atoms with Gasteiger partial charge in [0.25, 0.3) is 0 Å². The molecule has 0 saturated carbocycles. The highest BCUT2D eigenvalue weighted by atomic mass is 35.5. The summed E-state index contributed by atoms with van der Waals surface area (Å²) in [5.41, 5.74) is 3.46. The first kappa shape index (κ1) is 21.9. The monoisotopic (exact) mass is 434 g/mol. The van der Waals surface area contributed by atoms with Crippen molar-refractivity contribution in [2.75, 3.05) is 32.8 Å². The lowest BCUT2D eigenvalue weighted by molar-refractivity contribution is 0.0223. The molecule has 0 radical (unpaired) electrons. The van der Waals surface area contributed by atoms with Crippen molar-refractivity contribution in [1.82, 2.24) is 9.80 Å². The number of benzene rings is 1. The molecule has 2 saturated heterocycles. The summed E-state index contributed by atoms with van der Waals surface area (Å²) in [6.45, 7) is 11.5. The number of likely N-dealkylation sites (tertiary alicyclic amines) is 1. The summed E-state index contributed by atoms with van der Waals surface area (Å²) in [7, 11) is 0. The van der Waals surface area contributed by atoms with Gasteiger partial charge < -0.3 is 14.4 Å². The number of carbonyl (C=O) groups excluding carboxylic acids is 1. The standard InChI is InChI=1S/C24H35ClN2O3/c1-24(2,3)30-23(28)27-9-4-5-22(27)21-14-19(25)13-18-16-26(10-6-20(18)21)15-17-7-11-29-12-8-17/h13-14,17,22H,4-12,15-16H2,1-3H3/t22-/m0/s1. The molecular weight excluding hydrogens is 400 g/mol. The van der Waals surface area contributed by atoms with E-state index in [2.05, 4.69) is 17.0 Å². The average Bonchev–Trinajstić information content (AvgIpc) is 3.16. The first-order valence-electron chi connectivity index (χ1n) is 11.4. The molecule has 3 aliphatic rings. The second-order valence-electron chi connectivity index (χ2n) is 10.0. The number of ether oxygens (including phenoxy) is 2. The van der Waals surface area contributed by atoms with Gasteiger partial charge in [-0.1, -0.05) is 11.6 Å². The van der Waals surface area contributed by atoms with Crippen molar-refractivity contribution < 1.29 is 14.3 Å². The van der Waals surface area contributed by atoms with Crippen LogP contribution in [0, 0.1) is 5.92 Å². The van der Waals surface area contributed by atoms with E-state index in [0.29, 0.717) is 0 Å². The van der Waals surface area contributed by atoms with Gasteiger partial charge in [0, 0.05) is 44.4 Å². The van der Waals surface area contributed by atoms with Crippen molar-refractivity contribution in [3.8, 4) is 0 Å². The van der Waals surface area contributed by atoms with E-state index < -0.39 is 5.60 Å². The van der Waals surface area contributed by atoms with Crippen LogP contribution in [0.25, 0.3) is 0 Å². The molecule has 5 nitrogen and oxygen atoms in total. The average molecular weight is 435 g/mol. The summed E-state index contributed by atoms with van der Waals surface area (Å²) in [6, 6.07) is 4.28. The molecule has 0 spiro atoms. The molecule has 0 bridgehead atoms. The zero-order chi connectivity index (χ0) is 21.3. The molecule has 166 valence electrons. The molecule has 0 aliphatic carbocycles. The molecule has 1 amide bonds. The molecule has 1 aromatic rings. The maximum Gasteiger partial charge on any atom is 0.410 e. The zero-order valence-corrected chi connectivity index (χ0v) is 19.3. The lowest BCUT2D eigenvalue weighted by Gasteiger charge is -2.36. The van der Waals surface area contributed by atoms with Gasteiger partial charge in [-0.3, -0.25) is 4.90 Å². The highest BCUT2D eigenvalue weighted by Crippen LogP contribution is 2.39. The number of hydrogen-bond acceptors (Lipinski definition) is 4. The summed E-state index contributed by atoms with van der Waals surface area (Å²) in [5, 5.41) is 0.771. The predicted octanol–water partition coefficient (Wildman–Crippen LogP) is 5.20. The smallest absolute Gasteiger partial charge is 0.410 e. The van der Waals surface area contributed by atoms with Crippen molar-refractivity contribution >= 4 is 17.7 Å². The van der Waals surface area contributed by atoms with E-state index in [1.807, 2.05) is 25.7 Å². The second kappa shape index (κ2) is 9.05. The summed E-state index contributed by atoms with van der Waals surface area (Å²) < 4.78 is 11.2. The number of halogens is 1. The van der Waals surface area contributed by atoms with Gasteiger partial charge in [-0.25, -0.2) is 4.79 Å². The second-order valence-corrected chi connectivity index (χ2v) is 10.4. The lowest BCUT2D eigenvalue weighted by atomic mass is 9.89. The van der Waals surface area contributed by atoms with Crippen LogP contribution in [0.5, 0.6) is 0 Å². The molecule has 3 heterocycles. The Morgan fingerprint density at radius 2 is 1.97 bits per heavy atom. The van der Waals surface area contributed by atoms with Crippen LogP contribution in [0.4, 0.5) is 4.79 Å². The maximum atomic E-state index is 12.8. The molecule has 0 N–H and O–H groups in total. The molecule has 6 heteroatoms. The van der Waals surface area contributed by atoms with E-state index in [9.17, 15) is 4.79 Å². The van der Waals surface area contributed by atoms with Crippen molar-refractivity contribution in [2.24, 2.45) is 5.92 Å². The van der Waals surface area contributed by atoms with E-state index in [1.54, 1.807) is 0 Å². The van der Waals surface area contributed by atoms with Crippen LogP contribution >= 0.6 is 11.6 Å². The van der Waals surface area contributed by atoms with Gasteiger partial charge in [-0.05, 0) is 87.6 Å². The van der Waals surface area contributed by atoms with Crippen molar-refractivity contribution in [1.29, 1.82) is 0 Å². The van der Waals surface area contributed by atoms with E-state index in [0.717, 1.165) is 82.4 Å². The van der Waals surface area contributed by atoms with Crippen LogP contribution < -0.4 is 0 Å². The number of hydrogen-bond donors (Lipinski definition) is 0. The molecule has 0 aromatic heterocycles. The van der Waals surface area contributed by atoms with Gasteiger partial charge in [0.15, 0.2) is 0 Å². The van der Waals surface area contributed by atoms with Crippen LogP contribution in [0.1, 0.15) is 69.2 Å². The van der Waals surface area contributed by atoms with Gasteiger partial charge in [0.1, 0.15) is 5.60 Å². The Bertz CT molecular complexity index is 770.